The lowest BCUT2D eigenvalue weighted by Gasteiger charge is -2.06. The van der Waals surface area contributed by atoms with Gasteiger partial charge < -0.3 is 10.5 Å². The van der Waals surface area contributed by atoms with Crippen molar-refractivity contribution in [3.8, 4) is 0 Å². The first-order valence-electron chi connectivity index (χ1n) is 5.29. The highest BCUT2D eigenvalue weighted by Gasteiger charge is 2.14. The standard InChI is InChI=1S/C11H11ClFN3O2/c1-2-18-10(17)5-16-9-3-6(12)7(13)4-8(9)15-11(16)14/h3-4H,2,5H2,1H3,(H2,14,15). The van der Waals surface area contributed by atoms with Crippen LogP contribution in [-0.2, 0) is 16.1 Å². The molecule has 0 amide bonds. The Balaban J connectivity index is 2.46. The second kappa shape index (κ2) is 4.81. The molecular formula is C11H11ClFN3O2. The summed E-state index contributed by atoms with van der Waals surface area (Å²) in [5.41, 5.74) is 6.52. The molecule has 0 aliphatic carbocycles. The van der Waals surface area contributed by atoms with Crippen LogP contribution in [-0.4, -0.2) is 22.1 Å². The number of anilines is 1. The zero-order chi connectivity index (χ0) is 13.3. The molecule has 1 heterocycles. The largest absolute Gasteiger partial charge is 0.465 e. The first-order chi connectivity index (χ1) is 8.52. The lowest BCUT2D eigenvalue weighted by Crippen LogP contribution is -2.15. The number of ether oxygens (including phenoxy) is 1. The van der Waals surface area contributed by atoms with Gasteiger partial charge in [-0.3, -0.25) is 9.36 Å². The molecule has 0 saturated carbocycles. The van der Waals surface area contributed by atoms with Gasteiger partial charge in [0.1, 0.15) is 12.4 Å². The Labute approximate surface area is 107 Å². The van der Waals surface area contributed by atoms with Crippen LogP contribution in [0.2, 0.25) is 5.02 Å². The number of imidazole rings is 1. The van der Waals surface area contributed by atoms with E-state index >= 15 is 0 Å². The Morgan fingerprint density at radius 1 is 1.61 bits per heavy atom. The highest BCUT2D eigenvalue weighted by atomic mass is 35.5. The van der Waals surface area contributed by atoms with Gasteiger partial charge in [-0.25, -0.2) is 9.37 Å². The summed E-state index contributed by atoms with van der Waals surface area (Å²) in [6.45, 7) is 1.90. The molecule has 7 heteroatoms. The highest BCUT2D eigenvalue weighted by molar-refractivity contribution is 6.31. The van der Waals surface area contributed by atoms with Crippen LogP contribution in [0.25, 0.3) is 11.0 Å². The van der Waals surface area contributed by atoms with E-state index < -0.39 is 11.8 Å². The number of aromatic nitrogens is 2. The number of benzene rings is 1. The van der Waals surface area contributed by atoms with Crippen LogP contribution in [0, 0.1) is 5.82 Å². The summed E-state index contributed by atoms with van der Waals surface area (Å²) in [5, 5.41) is -0.0486. The first kappa shape index (κ1) is 12.6. The van der Waals surface area contributed by atoms with Crippen LogP contribution in [0.3, 0.4) is 0 Å². The molecule has 96 valence electrons. The molecule has 0 unspecified atom stereocenters. The van der Waals surface area contributed by atoms with Crippen LogP contribution in [0.1, 0.15) is 6.92 Å². The molecule has 0 aliphatic heterocycles. The van der Waals surface area contributed by atoms with E-state index in [0.717, 1.165) is 0 Å². The van der Waals surface area contributed by atoms with E-state index in [2.05, 4.69) is 4.98 Å². The van der Waals surface area contributed by atoms with Gasteiger partial charge in [-0.1, -0.05) is 11.6 Å². The number of carbonyl (C=O) groups excluding carboxylic acids is 1. The molecule has 18 heavy (non-hydrogen) atoms. The average molecular weight is 272 g/mol. The van der Waals surface area contributed by atoms with Gasteiger partial charge in [0.25, 0.3) is 0 Å². The smallest absolute Gasteiger partial charge is 0.326 e. The quantitative estimate of drug-likeness (QED) is 0.867. The third kappa shape index (κ3) is 2.24. The van der Waals surface area contributed by atoms with E-state index in [-0.39, 0.29) is 24.1 Å². The topological polar surface area (TPSA) is 70.1 Å². The van der Waals surface area contributed by atoms with Crippen LogP contribution < -0.4 is 5.73 Å². The minimum atomic E-state index is -0.579. The Morgan fingerprint density at radius 2 is 2.33 bits per heavy atom. The summed E-state index contributed by atoms with van der Waals surface area (Å²) in [6, 6.07) is 2.56. The highest BCUT2D eigenvalue weighted by Crippen LogP contribution is 2.24. The molecule has 0 fully saturated rings. The van der Waals surface area contributed by atoms with E-state index in [4.69, 9.17) is 22.1 Å². The first-order valence-corrected chi connectivity index (χ1v) is 5.67. The van der Waals surface area contributed by atoms with Gasteiger partial charge in [-0.15, -0.1) is 0 Å². The number of halogens is 2. The molecule has 1 aromatic carbocycles. The predicted octanol–water partition coefficient (Wildman–Crippen LogP) is 1.97. The van der Waals surface area contributed by atoms with Crippen molar-refractivity contribution in [1.29, 1.82) is 0 Å². The average Bonchev–Trinajstić information content (AvgIpc) is 2.57. The molecular weight excluding hydrogens is 261 g/mol. The molecule has 5 nitrogen and oxygen atoms in total. The number of rotatable bonds is 3. The Hall–Kier alpha value is -1.82. The SMILES string of the molecule is CCOC(=O)Cn1c(N)nc2cc(F)c(Cl)cc21. The second-order valence-electron chi connectivity index (χ2n) is 3.62. The van der Waals surface area contributed by atoms with Crippen molar-refractivity contribution in [2.24, 2.45) is 0 Å². The molecule has 2 aromatic rings. The fraction of sp³-hybridized carbons (Fsp3) is 0.273. The Morgan fingerprint density at radius 3 is 3.00 bits per heavy atom. The van der Waals surface area contributed by atoms with Crippen molar-refractivity contribution in [1.82, 2.24) is 9.55 Å². The number of carbonyl (C=O) groups is 1. The van der Waals surface area contributed by atoms with Crippen molar-refractivity contribution in [3.63, 3.8) is 0 Å². The molecule has 0 atom stereocenters. The maximum absolute atomic E-state index is 13.3. The fourth-order valence-corrected chi connectivity index (χ4v) is 1.80. The zero-order valence-electron chi connectivity index (χ0n) is 9.61. The zero-order valence-corrected chi connectivity index (χ0v) is 10.4. The maximum atomic E-state index is 13.3. The summed E-state index contributed by atoms with van der Waals surface area (Å²) in [6.07, 6.45) is 0. The van der Waals surface area contributed by atoms with Crippen molar-refractivity contribution in [3.05, 3.63) is 23.0 Å². The van der Waals surface area contributed by atoms with Gasteiger partial charge in [0.05, 0.1) is 22.7 Å². The Kier molecular flexibility index (Phi) is 3.38. The number of hydrogen-bond acceptors (Lipinski definition) is 4. The minimum Gasteiger partial charge on any atom is -0.465 e. The molecule has 0 aliphatic rings. The predicted molar refractivity (Wildman–Crippen MR) is 65.7 cm³/mol. The summed E-state index contributed by atoms with van der Waals surface area (Å²) < 4.78 is 19.5. The lowest BCUT2D eigenvalue weighted by atomic mass is 10.3. The van der Waals surface area contributed by atoms with Gasteiger partial charge in [0, 0.05) is 6.07 Å². The summed E-state index contributed by atoms with van der Waals surface area (Å²) >= 11 is 5.69. The van der Waals surface area contributed by atoms with Gasteiger partial charge in [-0.05, 0) is 13.0 Å². The number of fused-ring (bicyclic) bond motifs is 1. The maximum Gasteiger partial charge on any atom is 0.326 e. The van der Waals surface area contributed by atoms with Crippen LogP contribution in [0.5, 0.6) is 0 Å². The van der Waals surface area contributed by atoms with Crippen molar-refractivity contribution < 1.29 is 13.9 Å². The van der Waals surface area contributed by atoms with Crippen molar-refractivity contribution >= 4 is 34.6 Å². The summed E-state index contributed by atoms with van der Waals surface area (Å²) in [5.74, 6) is -0.909. The number of nitrogen functional groups attached to an aromatic ring is 1. The van der Waals surface area contributed by atoms with E-state index in [9.17, 15) is 9.18 Å². The number of hydrogen-bond donors (Lipinski definition) is 1. The third-order valence-electron chi connectivity index (χ3n) is 2.41. The van der Waals surface area contributed by atoms with E-state index in [0.29, 0.717) is 11.0 Å². The van der Waals surface area contributed by atoms with E-state index in [1.54, 1.807) is 6.92 Å². The van der Waals surface area contributed by atoms with Crippen molar-refractivity contribution in [2.75, 3.05) is 12.3 Å². The van der Waals surface area contributed by atoms with Crippen LogP contribution >= 0.6 is 11.6 Å². The van der Waals surface area contributed by atoms with Crippen LogP contribution in [0.4, 0.5) is 10.3 Å². The van der Waals surface area contributed by atoms with Crippen molar-refractivity contribution in [2.45, 2.75) is 13.5 Å². The summed E-state index contributed by atoms with van der Waals surface area (Å²) in [7, 11) is 0. The van der Waals surface area contributed by atoms with Gasteiger partial charge in [0.2, 0.25) is 5.95 Å². The normalized spacial score (nSPS) is 10.8. The number of nitrogens with zero attached hydrogens (tertiary/aromatic N) is 2. The molecule has 2 N–H and O–H groups in total. The summed E-state index contributed by atoms with van der Waals surface area (Å²) in [4.78, 5) is 15.4. The van der Waals surface area contributed by atoms with Gasteiger partial charge in [0.15, 0.2) is 0 Å². The molecule has 1 aromatic heterocycles. The molecule has 0 radical (unpaired) electrons. The molecule has 0 spiro atoms. The second-order valence-corrected chi connectivity index (χ2v) is 4.02. The number of nitrogens with two attached hydrogens (primary N) is 1. The lowest BCUT2D eigenvalue weighted by molar-refractivity contribution is -0.143. The van der Waals surface area contributed by atoms with E-state index in [1.807, 2.05) is 0 Å². The molecule has 0 bridgehead atoms. The van der Waals surface area contributed by atoms with E-state index in [1.165, 1.54) is 16.7 Å². The van der Waals surface area contributed by atoms with Gasteiger partial charge >= 0.3 is 5.97 Å². The minimum absolute atomic E-state index is 0.0486. The van der Waals surface area contributed by atoms with Gasteiger partial charge in [-0.2, -0.15) is 0 Å². The fourth-order valence-electron chi connectivity index (χ4n) is 1.64. The Bertz CT molecular complexity index is 612. The van der Waals surface area contributed by atoms with Crippen LogP contribution in [0.15, 0.2) is 12.1 Å². The monoisotopic (exact) mass is 271 g/mol. The third-order valence-corrected chi connectivity index (χ3v) is 2.70. The number of esters is 1. The molecule has 0 saturated heterocycles. The molecule has 2 rings (SSSR count).